The van der Waals surface area contributed by atoms with E-state index in [0.29, 0.717) is 19.4 Å². The molecule has 0 fully saturated rings. The molecule has 3 N–H and O–H groups in total. The number of aliphatic hydroxyl groups excluding tert-OH is 2. The molecule has 0 radical (unpaired) electrons. The minimum atomic E-state index is -0.838. The third-order valence-corrected chi connectivity index (χ3v) is 15.1. The number of amides is 1. The normalized spacial score (nSPS) is 12.6. The molecule has 70 heavy (non-hydrogen) atoms. The maximum absolute atomic E-state index is 12.4. The lowest BCUT2D eigenvalue weighted by Gasteiger charge is -2.20. The second kappa shape index (κ2) is 60.2. The summed E-state index contributed by atoms with van der Waals surface area (Å²) >= 11 is 0. The molecule has 0 aromatic heterocycles. The van der Waals surface area contributed by atoms with E-state index in [-0.39, 0.29) is 18.5 Å². The zero-order valence-electron chi connectivity index (χ0n) is 47.5. The van der Waals surface area contributed by atoms with Gasteiger partial charge < -0.3 is 20.3 Å². The number of hydrogen-bond donors (Lipinski definition) is 3. The van der Waals surface area contributed by atoms with Gasteiger partial charge in [-0.15, -0.1) is 0 Å². The lowest BCUT2D eigenvalue weighted by molar-refractivity contribution is -0.143. The molecule has 0 aromatic carbocycles. The van der Waals surface area contributed by atoms with Crippen LogP contribution in [0.3, 0.4) is 0 Å². The van der Waals surface area contributed by atoms with E-state index in [0.717, 1.165) is 38.5 Å². The molecule has 0 saturated carbocycles. The summed E-state index contributed by atoms with van der Waals surface area (Å²) in [5.74, 6) is -0.0427. The molecular weight excluding hydrogens is 863 g/mol. The van der Waals surface area contributed by atoms with Crippen LogP contribution in [-0.4, -0.2) is 47.4 Å². The number of aliphatic hydroxyl groups is 2. The first kappa shape index (κ1) is 68.6. The molecule has 0 rings (SSSR count). The molecule has 0 aliphatic carbocycles. The Hall–Kier alpha value is -1.40. The standard InChI is InChI=1S/C64H125NO5/c1-3-5-7-9-11-13-14-38-42-46-50-54-58-64(69)70-59-55-51-47-43-39-36-34-32-30-28-26-24-22-20-18-16-15-17-19-21-23-25-27-29-31-33-35-37-41-45-49-53-57-63(68)65-61(60-66)62(67)56-52-48-44-40-12-10-8-6-4-2/h52,56,61-62,66-67H,3-51,53-55,57-60H2,1-2H3,(H,65,68)/b56-52+. The highest BCUT2D eigenvalue weighted by Gasteiger charge is 2.18. The molecule has 0 aromatic rings. The Kier molecular flexibility index (Phi) is 59.0. The summed E-state index contributed by atoms with van der Waals surface area (Å²) in [6.45, 7) is 4.90. The molecule has 0 heterocycles. The minimum absolute atomic E-state index is 0.0220. The van der Waals surface area contributed by atoms with E-state index >= 15 is 0 Å². The lowest BCUT2D eigenvalue weighted by Crippen LogP contribution is -2.45. The molecule has 2 atom stereocenters. The number of carbonyl (C=O) groups is 2. The molecular formula is C64H125NO5. The van der Waals surface area contributed by atoms with E-state index < -0.39 is 12.1 Å². The highest BCUT2D eigenvalue weighted by molar-refractivity contribution is 5.76. The third-order valence-electron chi connectivity index (χ3n) is 15.1. The van der Waals surface area contributed by atoms with Gasteiger partial charge in [0.25, 0.3) is 0 Å². The predicted molar refractivity (Wildman–Crippen MR) is 306 cm³/mol. The highest BCUT2D eigenvalue weighted by Crippen LogP contribution is 2.18. The van der Waals surface area contributed by atoms with Crippen LogP contribution in [0.15, 0.2) is 12.2 Å². The summed E-state index contributed by atoms with van der Waals surface area (Å²) in [6, 6.07) is -0.621. The van der Waals surface area contributed by atoms with Gasteiger partial charge in [0, 0.05) is 12.8 Å². The Labute approximate surface area is 438 Å². The summed E-state index contributed by atoms with van der Waals surface area (Å²) < 4.78 is 5.48. The van der Waals surface area contributed by atoms with Crippen molar-refractivity contribution in [3.05, 3.63) is 12.2 Å². The quantitative estimate of drug-likeness (QED) is 0.0321. The van der Waals surface area contributed by atoms with E-state index in [9.17, 15) is 19.8 Å². The molecule has 0 aliphatic rings. The molecule has 6 heteroatoms. The molecule has 1 amide bonds. The first-order chi connectivity index (χ1) is 34.5. The smallest absolute Gasteiger partial charge is 0.305 e. The van der Waals surface area contributed by atoms with Gasteiger partial charge in [-0.2, -0.15) is 0 Å². The van der Waals surface area contributed by atoms with E-state index in [1.165, 1.54) is 295 Å². The Morgan fingerprint density at radius 2 is 0.657 bits per heavy atom. The Bertz CT molecular complexity index is 1050. The number of unbranched alkanes of at least 4 members (excludes halogenated alkanes) is 49. The largest absolute Gasteiger partial charge is 0.466 e. The molecule has 0 aliphatic heterocycles. The third kappa shape index (κ3) is 55.9. The number of nitrogens with one attached hydrogen (secondary N) is 1. The van der Waals surface area contributed by atoms with Crippen LogP contribution in [-0.2, 0) is 14.3 Å². The average Bonchev–Trinajstić information content (AvgIpc) is 3.36. The molecule has 0 saturated heterocycles. The number of hydrogen-bond acceptors (Lipinski definition) is 5. The van der Waals surface area contributed by atoms with Gasteiger partial charge in [0.15, 0.2) is 0 Å². The van der Waals surface area contributed by atoms with Gasteiger partial charge in [-0.25, -0.2) is 0 Å². The van der Waals surface area contributed by atoms with Crippen molar-refractivity contribution in [3.8, 4) is 0 Å². The first-order valence-corrected chi connectivity index (χ1v) is 32.0. The SMILES string of the molecule is CCCCCCCCC/C=C/C(O)C(CO)NC(=O)CCCCCCCCCCCCCCCCCCCCCCCCCCCCCCCCCCOC(=O)CCCCCCCCCCCCCC. The fourth-order valence-electron chi connectivity index (χ4n) is 10.2. The van der Waals surface area contributed by atoms with Crippen LogP contribution in [0.1, 0.15) is 361 Å². The molecule has 0 bridgehead atoms. The van der Waals surface area contributed by atoms with Gasteiger partial charge in [0.2, 0.25) is 5.91 Å². The van der Waals surface area contributed by atoms with Crippen LogP contribution in [0.5, 0.6) is 0 Å². The van der Waals surface area contributed by atoms with Gasteiger partial charge >= 0.3 is 5.97 Å². The summed E-state index contributed by atoms with van der Waals surface area (Å²) in [6.07, 6.45) is 72.9. The predicted octanol–water partition coefficient (Wildman–Crippen LogP) is 20.0. The second-order valence-electron chi connectivity index (χ2n) is 22.1. The van der Waals surface area contributed by atoms with Crippen molar-refractivity contribution in [1.29, 1.82) is 0 Å². The van der Waals surface area contributed by atoms with E-state index in [4.69, 9.17) is 4.74 Å². The van der Waals surface area contributed by atoms with Crippen molar-refractivity contribution in [3.63, 3.8) is 0 Å². The second-order valence-corrected chi connectivity index (χ2v) is 22.1. The van der Waals surface area contributed by atoms with Crippen molar-refractivity contribution in [2.45, 2.75) is 373 Å². The van der Waals surface area contributed by atoms with Crippen LogP contribution < -0.4 is 5.32 Å². The van der Waals surface area contributed by atoms with Gasteiger partial charge in [0.1, 0.15) is 0 Å². The maximum atomic E-state index is 12.4. The highest BCUT2D eigenvalue weighted by atomic mass is 16.5. The number of esters is 1. The van der Waals surface area contributed by atoms with Gasteiger partial charge in [0.05, 0.1) is 25.4 Å². The summed E-state index contributed by atoms with van der Waals surface area (Å²) in [7, 11) is 0. The Morgan fingerprint density at radius 3 is 0.971 bits per heavy atom. The van der Waals surface area contributed by atoms with Gasteiger partial charge in [-0.3, -0.25) is 9.59 Å². The summed E-state index contributed by atoms with van der Waals surface area (Å²) in [5, 5.41) is 23.0. The van der Waals surface area contributed by atoms with Crippen molar-refractivity contribution in [2.75, 3.05) is 13.2 Å². The van der Waals surface area contributed by atoms with Crippen molar-refractivity contribution in [2.24, 2.45) is 0 Å². The van der Waals surface area contributed by atoms with Crippen molar-refractivity contribution >= 4 is 11.9 Å². The van der Waals surface area contributed by atoms with E-state index in [1.54, 1.807) is 6.08 Å². The van der Waals surface area contributed by atoms with Gasteiger partial charge in [-0.05, 0) is 32.1 Å². The van der Waals surface area contributed by atoms with Crippen LogP contribution in [0.4, 0.5) is 0 Å². The number of rotatable bonds is 60. The zero-order valence-corrected chi connectivity index (χ0v) is 47.5. The fourth-order valence-corrected chi connectivity index (χ4v) is 10.2. The average molecular weight is 989 g/mol. The van der Waals surface area contributed by atoms with E-state index in [2.05, 4.69) is 19.2 Å². The topological polar surface area (TPSA) is 95.9 Å². The first-order valence-electron chi connectivity index (χ1n) is 32.0. The Balaban J connectivity index is 3.29. The molecule has 6 nitrogen and oxygen atoms in total. The van der Waals surface area contributed by atoms with Gasteiger partial charge in [-0.1, -0.05) is 328 Å². The van der Waals surface area contributed by atoms with E-state index in [1.807, 2.05) is 6.08 Å². The van der Waals surface area contributed by atoms with Crippen LogP contribution >= 0.6 is 0 Å². The van der Waals surface area contributed by atoms with Crippen LogP contribution in [0, 0.1) is 0 Å². The minimum Gasteiger partial charge on any atom is -0.466 e. The van der Waals surface area contributed by atoms with Crippen molar-refractivity contribution in [1.82, 2.24) is 5.32 Å². The van der Waals surface area contributed by atoms with Crippen molar-refractivity contribution < 1.29 is 24.5 Å². The Morgan fingerprint density at radius 1 is 0.386 bits per heavy atom. The number of allylic oxidation sites excluding steroid dienone is 1. The summed E-state index contributed by atoms with van der Waals surface area (Å²) in [5.41, 5.74) is 0. The zero-order chi connectivity index (χ0) is 50.7. The molecule has 0 spiro atoms. The monoisotopic (exact) mass is 988 g/mol. The van der Waals surface area contributed by atoms with Crippen LogP contribution in [0.2, 0.25) is 0 Å². The maximum Gasteiger partial charge on any atom is 0.305 e. The summed E-state index contributed by atoms with van der Waals surface area (Å²) in [4.78, 5) is 24.4. The fraction of sp³-hybridized carbons (Fsp3) is 0.938. The lowest BCUT2D eigenvalue weighted by atomic mass is 10.0. The molecule has 416 valence electrons. The number of ether oxygens (including phenoxy) is 1. The molecule has 2 unspecified atom stereocenters. The number of carbonyl (C=O) groups excluding carboxylic acids is 2. The van der Waals surface area contributed by atoms with Crippen LogP contribution in [0.25, 0.3) is 0 Å².